The number of nitrogens with one attached hydrogen (secondary N) is 1. The van der Waals surface area contributed by atoms with Crippen molar-refractivity contribution in [2.75, 3.05) is 30.7 Å². The lowest BCUT2D eigenvalue weighted by molar-refractivity contribution is -0.130. The Balaban J connectivity index is 1.80. The smallest absolute Gasteiger partial charge is 0.224 e. The second-order valence-electron chi connectivity index (χ2n) is 4.89. The largest absolute Gasteiger partial charge is 0.382 e. The number of halogens is 1. The zero-order valence-corrected chi connectivity index (χ0v) is 12.2. The van der Waals surface area contributed by atoms with E-state index >= 15 is 0 Å². The predicted octanol–water partition coefficient (Wildman–Crippen LogP) is 1.92. The number of nitrogens with zero attached hydrogens (tertiary/aromatic N) is 3. The van der Waals surface area contributed by atoms with E-state index in [2.05, 4.69) is 15.3 Å². The number of amides is 1. The van der Waals surface area contributed by atoms with Gasteiger partial charge in [0.1, 0.15) is 23.0 Å². The topological polar surface area (TPSA) is 84.1 Å². The average molecular weight is 298 g/mol. The van der Waals surface area contributed by atoms with Gasteiger partial charge in [-0.1, -0.05) is 24.4 Å². The Hall–Kier alpha value is -1.56. The molecule has 20 heavy (non-hydrogen) atoms. The van der Waals surface area contributed by atoms with Gasteiger partial charge in [-0.15, -0.1) is 0 Å². The quantitative estimate of drug-likeness (QED) is 0.887. The maximum absolute atomic E-state index is 12.1. The minimum atomic E-state index is 0.178. The normalized spacial score (nSPS) is 15.8. The van der Waals surface area contributed by atoms with Crippen molar-refractivity contribution in [1.29, 1.82) is 0 Å². The van der Waals surface area contributed by atoms with Crippen molar-refractivity contribution >= 4 is 29.1 Å². The lowest BCUT2D eigenvalue weighted by Crippen LogP contribution is -2.32. The molecule has 3 N–H and O–H groups in total. The second kappa shape index (κ2) is 7.28. The van der Waals surface area contributed by atoms with E-state index in [1.165, 1.54) is 19.2 Å². The van der Waals surface area contributed by atoms with Gasteiger partial charge in [0.15, 0.2) is 0 Å². The van der Waals surface area contributed by atoms with Gasteiger partial charge in [-0.25, -0.2) is 9.97 Å². The summed E-state index contributed by atoms with van der Waals surface area (Å²) in [6, 6.07) is 0. The number of likely N-dealkylation sites (tertiary alicyclic amines) is 1. The molecule has 1 aliphatic rings. The van der Waals surface area contributed by atoms with Crippen LogP contribution in [0.2, 0.25) is 5.02 Å². The Bertz CT molecular complexity index is 460. The summed E-state index contributed by atoms with van der Waals surface area (Å²) < 4.78 is 0. The number of anilines is 2. The van der Waals surface area contributed by atoms with Crippen molar-refractivity contribution in [1.82, 2.24) is 14.9 Å². The third-order valence-electron chi connectivity index (χ3n) is 3.41. The average Bonchev–Trinajstić information content (AvgIpc) is 2.72. The lowest BCUT2D eigenvalue weighted by Gasteiger charge is -2.20. The van der Waals surface area contributed by atoms with Gasteiger partial charge < -0.3 is 16.0 Å². The first-order chi connectivity index (χ1) is 9.68. The highest BCUT2D eigenvalue weighted by molar-refractivity contribution is 6.35. The highest BCUT2D eigenvalue weighted by Crippen LogP contribution is 2.23. The fraction of sp³-hybridized carbons (Fsp3) is 0.615. The molecule has 0 spiro atoms. The van der Waals surface area contributed by atoms with E-state index in [1.54, 1.807) is 0 Å². The molecule has 6 nitrogen and oxygen atoms in total. The van der Waals surface area contributed by atoms with Crippen molar-refractivity contribution in [3.8, 4) is 0 Å². The summed E-state index contributed by atoms with van der Waals surface area (Å²) in [7, 11) is 0. The van der Waals surface area contributed by atoms with Crippen molar-refractivity contribution in [3.63, 3.8) is 0 Å². The molecule has 2 rings (SSSR count). The van der Waals surface area contributed by atoms with Crippen LogP contribution >= 0.6 is 11.6 Å². The Morgan fingerprint density at radius 1 is 1.30 bits per heavy atom. The van der Waals surface area contributed by atoms with Gasteiger partial charge in [0.05, 0.1) is 0 Å². The molecule has 2 heterocycles. The molecule has 0 atom stereocenters. The zero-order chi connectivity index (χ0) is 14.4. The molecule has 0 aromatic carbocycles. The highest BCUT2D eigenvalue weighted by atomic mass is 35.5. The molecule has 0 saturated carbocycles. The number of rotatable bonds is 4. The molecule has 1 fully saturated rings. The fourth-order valence-electron chi connectivity index (χ4n) is 2.27. The van der Waals surface area contributed by atoms with Gasteiger partial charge >= 0.3 is 0 Å². The Kier molecular flexibility index (Phi) is 5.40. The van der Waals surface area contributed by atoms with Crippen LogP contribution in [0, 0.1) is 0 Å². The number of hydrogen-bond acceptors (Lipinski definition) is 5. The molecular formula is C13H20ClN5O. The van der Waals surface area contributed by atoms with E-state index < -0.39 is 0 Å². The van der Waals surface area contributed by atoms with E-state index in [-0.39, 0.29) is 11.7 Å². The van der Waals surface area contributed by atoms with Gasteiger partial charge in [0.2, 0.25) is 5.91 Å². The first-order valence-corrected chi connectivity index (χ1v) is 7.34. The number of aromatic nitrogens is 2. The maximum Gasteiger partial charge on any atom is 0.224 e. The van der Waals surface area contributed by atoms with Crippen LogP contribution in [0.5, 0.6) is 0 Å². The molecule has 0 unspecified atom stereocenters. The Morgan fingerprint density at radius 3 is 2.70 bits per heavy atom. The van der Waals surface area contributed by atoms with Gasteiger partial charge in [-0.3, -0.25) is 4.79 Å². The second-order valence-corrected chi connectivity index (χ2v) is 5.27. The van der Waals surface area contributed by atoms with Gasteiger partial charge in [0, 0.05) is 26.1 Å². The third-order valence-corrected chi connectivity index (χ3v) is 3.78. The lowest BCUT2D eigenvalue weighted by atomic mass is 10.2. The summed E-state index contributed by atoms with van der Waals surface area (Å²) in [6.07, 6.45) is 6.43. The summed E-state index contributed by atoms with van der Waals surface area (Å²) in [5.41, 5.74) is 5.59. The summed E-state index contributed by atoms with van der Waals surface area (Å²) in [4.78, 5) is 21.8. The first-order valence-electron chi connectivity index (χ1n) is 6.96. The SMILES string of the molecule is Nc1ncnc(NCCC(=O)N2CCCCCC2)c1Cl. The molecule has 1 saturated heterocycles. The molecule has 0 bridgehead atoms. The highest BCUT2D eigenvalue weighted by Gasteiger charge is 2.15. The van der Waals surface area contributed by atoms with E-state index in [1.807, 2.05) is 4.90 Å². The third kappa shape index (κ3) is 3.96. The number of hydrogen-bond donors (Lipinski definition) is 2. The number of carbonyl (C=O) groups is 1. The van der Waals surface area contributed by atoms with Crippen LogP contribution < -0.4 is 11.1 Å². The summed E-state index contributed by atoms with van der Waals surface area (Å²) in [5.74, 6) is 0.892. The minimum absolute atomic E-state index is 0.178. The van der Waals surface area contributed by atoms with Crippen LogP contribution in [0.4, 0.5) is 11.6 Å². The summed E-state index contributed by atoms with van der Waals surface area (Å²) in [5, 5.41) is 3.33. The van der Waals surface area contributed by atoms with Crippen LogP contribution in [-0.4, -0.2) is 40.4 Å². The van der Waals surface area contributed by atoms with Crippen LogP contribution in [0.15, 0.2) is 6.33 Å². The molecular weight excluding hydrogens is 278 g/mol. The van der Waals surface area contributed by atoms with Gasteiger partial charge in [-0.2, -0.15) is 0 Å². The number of nitrogen functional groups attached to an aromatic ring is 1. The fourth-order valence-corrected chi connectivity index (χ4v) is 2.44. The predicted molar refractivity (Wildman–Crippen MR) is 79.6 cm³/mol. The monoisotopic (exact) mass is 297 g/mol. The minimum Gasteiger partial charge on any atom is -0.382 e. The molecule has 110 valence electrons. The van der Waals surface area contributed by atoms with Crippen LogP contribution in [0.3, 0.4) is 0 Å². The van der Waals surface area contributed by atoms with Crippen molar-refractivity contribution in [3.05, 3.63) is 11.3 Å². The van der Waals surface area contributed by atoms with Crippen LogP contribution in [-0.2, 0) is 4.79 Å². The first kappa shape index (κ1) is 14.8. The van der Waals surface area contributed by atoms with Gasteiger partial charge in [0.25, 0.3) is 0 Å². The Labute approximate surface area is 123 Å². The molecule has 0 radical (unpaired) electrons. The molecule has 0 aliphatic carbocycles. The number of carbonyl (C=O) groups excluding carboxylic acids is 1. The molecule has 1 aliphatic heterocycles. The summed E-state index contributed by atoms with van der Waals surface area (Å²) >= 11 is 5.97. The maximum atomic E-state index is 12.1. The zero-order valence-electron chi connectivity index (χ0n) is 11.4. The summed E-state index contributed by atoms with van der Waals surface area (Å²) in [6.45, 7) is 2.24. The van der Waals surface area contributed by atoms with Crippen molar-refractivity contribution in [2.24, 2.45) is 0 Å². The van der Waals surface area contributed by atoms with Gasteiger partial charge in [-0.05, 0) is 12.8 Å². The van der Waals surface area contributed by atoms with E-state index in [0.29, 0.717) is 23.8 Å². The number of nitrogens with two attached hydrogens (primary N) is 1. The standard InChI is InChI=1S/C13H20ClN5O/c14-11-12(15)17-9-18-13(11)16-6-5-10(20)19-7-3-1-2-4-8-19/h9H,1-8H2,(H3,15,16,17,18). The van der Waals surface area contributed by atoms with Crippen LogP contribution in [0.25, 0.3) is 0 Å². The molecule has 1 amide bonds. The van der Waals surface area contributed by atoms with E-state index in [9.17, 15) is 4.79 Å². The van der Waals surface area contributed by atoms with E-state index in [0.717, 1.165) is 25.9 Å². The van der Waals surface area contributed by atoms with E-state index in [4.69, 9.17) is 17.3 Å². The Morgan fingerprint density at radius 2 is 2.00 bits per heavy atom. The molecule has 1 aromatic heterocycles. The van der Waals surface area contributed by atoms with Crippen molar-refractivity contribution < 1.29 is 4.79 Å². The molecule has 7 heteroatoms. The van der Waals surface area contributed by atoms with Crippen molar-refractivity contribution in [2.45, 2.75) is 32.1 Å². The molecule has 1 aromatic rings. The van der Waals surface area contributed by atoms with Crippen LogP contribution in [0.1, 0.15) is 32.1 Å².